The van der Waals surface area contributed by atoms with Crippen molar-refractivity contribution in [1.82, 2.24) is 9.88 Å². The predicted molar refractivity (Wildman–Crippen MR) is 64.4 cm³/mol. The lowest BCUT2D eigenvalue weighted by atomic mass is 10.2. The van der Waals surface area contributed by atoms with E-state index in [1.165, 1.54) is 12.8 Å². The van der Waals surface area contributed by atoms with E-state index < -0.39 is 0 Å². The van der Waals surface area contributed by atoms with Gasteiger partial charge in [-0.3, -0.25) is 9.88 Å². The number of pyridine rings is 1. The molecule has 4 heteroatoms. The molecule has 2 rings (SSSR count). The molecule has 0 saturated carbocycles. The molecule has 3 nitrogen and oxygen atoms in total. The predicted octanol–water partition coefficient (Wildman–Crippen LogP) is 1.77. The first-order valence-corrected chi connectivity index (χ1v) is 6.13. The van der Waals surface area contributed by atoms with Gasteiger partial charge in [0.2, 0.25) is 0 Å². The highest BCUT2D eigenvalue weighted by Crippen LogP contribution is 2.18. The van der Waals surface area contributed by atoms with Crippen LogP contribution in [0.25, 0.3) is 0 Å². The van der Waals surface area contributed by atoms with Crippen LogP contribution in [0.3, 0.4) is 0 Å². The topological polar surface area (TPSA) is 42.1 Å². The van der Waals surface area contributed by atoms with Crippen LogP contribution in [0, 0.1) is 0 Å². The minimum absolute atomic E-state index is 0.551. The molecule has 82 valence electrons. The Labute approximate surface area is 98.8 Å². The molecule has 1 unspecified atom stereocenters. The number of likely N-dealkylation sites (tertiary alicyclic amines) is 1. The Balaban J connectivity index is 1.99. The molecule has 0 aromatic carbocycles. The number of nitrogens with zero attached hydrogens (tertiary/aromatic N) is 2. The molecule has 1 aliphatic heterocycles. The summed E-state index contributed by atoms with van der Waals surface area (Å²) in [6.45, 7) is 2.84. The minimum atomic E-state index is 0.551. The number of halogens is 1. The third-order valence-electron chi connectivity index (χ3n) is 2.92. The quantitative estimate of drug-likeness (QED) is 0.910. The van der Waals surface area contributed by atoms with E-state index in [4.69, 9.17) is 5.73 Å². The van der Waals surface area contributed by atoms with E-state index in [1.807, 2.05) is 12.3 Å². The van der Waals surface area contributed by atoms with Crippen molar-refractivity contribution in [2.45, 2.75) is 25.4 Å². The smallest absolute Gasteiger partial charge is 0.0544 e. The van der Waals surface area contributed by atoms with E-state index in [0.29, 0.717) is 6.04 Å². The third-order valence-corrected chi connectivity index (χ3v) is 3.39. The van der Waals surface area contributed by atoms with Gasteiger partial charge in [0.05, 0.1) is 5.69 Å². The van der Waals surface area contributed by atoms with Gasteiger partial charge < -0.3 is 5.73 Å². The zero-order valence-corrected chi connectivity index (χ0v) is 10.3. The summed E-state index contributed by atoms with van der Waals surface area (Å²) >= 11 is 3.39. The van der Waals surface area contributed by atoms with E-state index in [-0.39, 0.29) is 0 Å². The zero-order chi connectivity index (χ0) is 10.7. The van der Waals surface area contributed by atoms with Gasteiger partial charge in [0.1, 0.15) is 0 Å². The highest BCUT2D eigenvalue weighted by Gasteiger charge is 2.23. The summed E-state index contributed by atoms with van der Waals surface area (Å²) in [5.74, 6) is 0. The molecule has 1 aliphatic rings. The van der Waals surface area contributed by atoms with E-state index in [1.54, 1.807) is 0 Å². The maximum Gasteiger partial charge on any atom is 0.0544 e. The second-order valence-electron chi connectivity index (χ2n) is 3.97. The van der Waals surface area contributed by atoms with Crippen LogP contribution in [0.1, 0.15) is 18.5 Å². The first-order chi connectivity index (χ1) is 7.29. The molecule has 1 aromatic heterocycles. The van der Waals surface area contributed by atoms with Crippen molar-refractivity contribution in [3.05, 3.63) is 28.5 Å². The lowest BCUT2D eigenvalue weighted by Gasteiger charge is -2.22. The van der Waals surface area contributed by atoms with Crippen molar-refractivity contribution in [1.29, 1.82) is 0 Å². The van der Waals surface area contributed by atoms with Crippen molar-refractivity contribution in [2.75, 3.05) is 13.1 Å². The van der Waals surface area contributed by atoms with Crippen molar-refractivity contribution in [3.63, 3.8) is 0 Å². The van der Waals surface area contributed by atoms with Gasteiger partial charge in [-0.15, -0.1) is 0 Å². The monoisotopic (exact) mass is 269 g/mol. The van der Waals surface area contributed by atoms with Gasteiger partial charge in [0, 0.05) is 29.8 Å². The fourth-order valence-electron chi connectivity index (χ4n) is 2.08. The lowest BCUT2D eigenvalue weighted by Crippen LogP contribution is -2.35. The van der Waals surface area contributed by atoms with Gasteiger partial charge in [0.25, 0.3) is 0 Å². The molecule has 2 N–H and O–H groups in total. The molecule has 1 aromatic rings. The van der Waals surface area contributed by atoms with Crippen molar-refractivity contribution in [3.8, 4) is 0 Å². The van der Waals surface area contributed by atoms with Crippen LogP contribution in [-0.4, -0.2) is 29.0 Å². The fourth-order valence-corrected chi connectivity index (χ4v) is 2.31. The maximum absolute atomic E-state index is 5.73. The largest absolute Gasteiger partial charge is 0.329 e. The van der Waals surface area contributed by atoms with Crippen molar-refractivity contribution >= 4 is 15.9 Å². The standard InChI is InChI=1S/C11H16BrN3/c12-9-3-4-10(14-7-9)8-15-5-1-2-11(15)6-13/h3-4,7,11H,1-2,5-6,8,13H2. The fraction of sp³-hybridized carbons (Fsp3) is 0.545. The summed E-state index contributed by atoms with van der Waals surface area (Å²) in [4.78, 5) is 6.81. The lowest BCUT2D eigenvalue weighted by molar-refractivity contribution is 0.247. The Bertz CT molecular complexity index is 312. The Morgan fingerprint density at radius 1 is 1.53 bits per heavy atom. The van der Waals surface area contributed by atoms with Gasteiger partial charge in [-0.05, 0) is 47.4 Å². The third kappa shape index (κ3) is 2.77. The average molecular weight is 270 g/mol. The SMILES string of the molecule is NCC1CCCN1Cc1ccc(Br)cn1. The normalized spacial score (nSPS) is 22.1. The molecular weight excluding hydrogens is 254 g/mol. The van der Waals surface area contributed by atoms with Crippen LogP contribution in [0.4, 0.5) is 0 Å². The second-order valence-corrected chi connectivity index (χ2v) is 4.89. The molecule has 0 radical (unpaired) electrons. The first kappa shape index (κ1) is 11.0. The Morgan fingerprint density at radius 3 is 3.07 bits per heavy atom. The van der Waals surface area contributed by atoms with Gasteiger partial charge in [-0.2, -0.15) is 0 Å². The summed E-state index contributed by atoms with van der Waals surface area (Å²) in [5, 5.41) is 0. The minimum Gasteiger partial charge on any atom is -0.329 e. The van der Waals surface area contributed by atoms with E-state index in [2.05, 4.69) is 31.9 Å². The molecule has 1 saturated heterocycles. The number of aromatic nitrogens is 1. The molecule has 0 aliphatic carbocycles. The first-order valence-electron chi connectivity index (χ1n) is 5.34. The van der Waals surface area contributed by atoms with Crippen LogP contribution >= 0.6 is 15.9 Å². The Morgan fingerprint density at radius 2 is 2.40 bits per heavy atom. The maximum atomic E-state index is 5.73. The van der Waals surface area contributed by atoms with Gasteiger partial charge in [-0.25, -0.2) is 0 Å². The molecule has 0 bridgehead atoms. The summed E-state index contributed by atoms with van der Waals surface area (Å²) in [6.07, 6.45) is 4.34. The summed E-state index contributed by atoms with van der Waals surface area (Å²) in [6, 6.07) is 4.65. The molecule has 15 heavy (non-hydrogen) atoms. The number of rotatable bonds is 3. The van der Waals surface area contributed by atoms with Crippen LogP contribution in [0.5, 0.6) is 0 Å². The molecule has 2 heterocycles. The van der Waals surface area contributed by atoms with Crippen LogP contribution in [0.2, 0.25) is 0 Å². The van der Waals surface area contributed by atoms with Crippen molar-refractivity contribution < 1.29 is 0 Å². The Kier molecular flexibility index (Phi) is 3.72. The summed E-state index contributed by atoms with van der Waals surface area (Å²) in [7, 11) is 0. The van der Waals surface area contributed by atoms with Gasteiger partial charge in [0.15, 0.2) is 0 Å². The van der Waals surface area contributed by atoms with Gasteiger partial charge in [-0.1, -0.05) is 0 Å². The zero-order valence-electron chi connectivity index (χ0n) is 8.69. The van der Waals surface area contributed by atoms with E-state index >= 15 is 0 Å². The molecule has 0 spiro atoms. The number of hydrogen-bond donors (Lipinski definition) is 1. The van der Waals surface area contributed by atoms with Crippen LogP contribution in [-0.2, 0) is 6.54 Å². The van der Waals surface area contributed by atoms with E-state index in [0.717, 1.165) is 29.8 Å². The molecular formula is C11H16BrN3. The van der Waals surface area contributed by atoms with Crippen molar-refractivity contribution in [2.24, 2.45) is 5.73 Å². The molecule has 0 amide bonds. The average Bonchev–Trinajstić information content (AvgIpc) is 2.69. The van der Waals surface area contributed by atoms with Crippen LogP contribution < -0.4 is 5.73 Å². The second kappa shape index (κ2) is 5.05. The highest BCUT2D eigenvalue weighted by atomic mass is 79.9. The van der Waals surface area contributed by atoms with E-state index in [9.17, 15) is 0 Å². The number of nitrogens with two attached hydrogens (primary N) is 1. The summed E-state index contributed by atoms with van der Waals surface area (Å²) < 4.78 is 1.03. The molecule has 1 fully saturated rings. The highest BCUT2D eigenvalue weighted by molar-refractivity contribution is 9.10. The molecule has 1 atom stereocenters. The van der Waals surface area contributed by atoms with Gasteiger partial charge >= 0.3 is 0 Å². The van der Waals surface area contributed by atoms with Crippen LogP contribution in [0.15, 0.2) is 22.8 Å². The summed E-state index contributed by atoms with van der Waals surface area (Å²) in [5.41, 5.74) is 6.86. The Hall–Kier alpha value is -0.450. The number of hydrogen-bond acceptors (Lipinski definition) is 3.